The second-order valence-electron chi connectivity index (χ2n) is 8.52. The lowest BCUT2D eigenvalue weighted by atomic mass is 9.95. The van der Waals surface area contributed by atoms with Gasteiger partial charge in [0.1, 0.15) is 10.6 Å². The predicted molar refractivity (Wildman–Crippen MR) is 127 cm³/mol. The lowest BCUT2D eigenvalue weighted by Crippen LogP contribution is -2.45. The van der Waals surface area contributed by atoms with Crippen LogP contribution >= 0.6 is 11.6 Å². The average molecular weight is 479 g/mol. The van der Waals surface area contributed by atoms with Crippen molar-refractivity contribution in [3.8, 4) is 5.75 Å². The third-order valence-corrected chi connectivity index (χ3v) is 8.33. The highest BCUT2D eigenvalue weighted by molar-refractivity contribution is 7.89. The molecule has 1 N–H and O–H groups in total. The molecule has 1 heterocycles. The maximum absolute atomic E-state index is 13.3. The molecule has 1 aliphatic rings. The molecule has 6 nitrogen and oxygen atoms in total. The first-order valence-electron chi connectivity index (χ1n) is 10.8. The Morgan fingerprint density at radius 2 is 1.84 bits per heavy atom. The number of halogens is 1. The van der Waals surface area contributed by atoms with Crippen LogP contribution in [0.15, 0.2) is 35.2 Å². The number of methoxy groups -OCH3 is 1. The number of carbonyl (C=O) groups excluding carboxylic acids is 1. The van der Waals surface area contributed by atoms with Crippen LogP contribution in [-0.4, -0.2) is 38.8 Å². The molecule has 0 aromatic heterocycles. The number of hydrogen-bond acceptors (Lipinski definition) is 4. The Morgan fingerprint density at radius 1 is 1.16 bits per heavy atom. The molecule has 0 radical (unpaired) electrons. The Hall–Kier alpha value is -2.09. The highest BCUT2D eigenvalue weighted by Gasteiger charge is 2.35. The van der Waals surface area contributed by atoms with Crippen LogP contribution < -0.4 is 10.1 Å². The van der Waals surface area contributed by atoms with Gasteiger partial charge in [0, 0.05) is 18.1 Å². The summed E-state index contributed by atoms with van der Waals surface area (Å²) in [5.74, 6) is -0.314. The summed E-state index contributed by atoms with van der Waals surface area (Å²) in [6, 6.07) is 8.59. The maximum atomic E-state index is 13.3. The van der Waals surface area contributed by atoms with E-state index >= 15 is 0 Å². The molecule has 174 valence electrons. The van der Waals surface area contributed by atoms with Crippen molar-refractivity contribution in [3.63, 3.8) is 0 Å². The van der Waals surface area contributed by atoms with Crippen LogP contribution in [0, 0.1) is 26.7 Å². The number of sulfonamides is 1. The van der Waals surface area contributed by atoms with Crippen LogP contribution in [0.25, 0.3) is 0 Å². The largest absolute Gasteiger partial charge is 0.495 e. The first-order chi connectivity index (χ1) is 15.0. The minimum Gasteiger partial charge on any atom is -0.495 e. The molecule has 32 heavy (non-hydrogen) atoms. The quantitative estimate of drug-likeness (QED) is 0.660. The van der Waals surface area contributed by atoms with Gasteiger partial charge < -0.3 is 10.1 Å². The topological polar surface area (TPSA) is 75.7 Å². The lowest BCUT2D eigenvalue weighted by Gasteiger charge is -2.32. The van der Waals surface area contributed by atoms with Crippen molar-refractivity contribution in [2.45, 2.75) is 51.5 Å². The van der Waals surface area contributed by atoms with Crippen molar-refractivity contribution < 1.29 is 17.9 Å². The fourth-order valence-corrected chi connectivity index (χ4v) is 6.17. The van der Waals surface area contributed by atoms with Gasteiger partial charge in [0.2, 0.25) is 15.9 Å². The summed E-state index contributed by atoms with van der Waals surface area (Å²) in [5.41, 5.74) is 4.60. The van der Waals surface area contributed by atoms with E-state index in [2.05, 4.69) is 31.3 Å². The van der Waals surface area contributed by atoms with Crippen LogP contribution in [0.3, 0.4) is 0 Å². The van der Waals surface area contributed by atoms with E-state index in [1.807, 2.05) is 13.8 Å². The normalized spacial score (nSPS) is 18.2. The standard InChI is InChI=1S/C24H31ClN2O4S/c1-15-11-17(3)21(12-16(15)2)18(4)26-24(28)19-7-6-10-27(14-19)32(29,30)23-13-20(25)8-9-22(23)31-5/h8-9,11-13,18-19H,6-7,10,14H2,1-5H3,(H,26,28)/t18-,19-/m1/s1. The number of hydrogen-bond donors (Lipinski definition) is 1. The van der Waals surface area contributed by atoms with Crippen molar-refractivity contribution in [2.24, 2.45) is 5.92 Å². The van der Waals surface area contributed by atoms with Gasteiger partial charge in [-0.25, -0.2) is 8.42 Å². The summed E-state index contributed by atoms with van der Waals surface area (Å²) in [6.45, 7) is 8.61. The van der Waals surface area contributed by atoms with E-state index in [1.54, 1.807) is 6.07 Å². The second kappa shape index (κ2) is 9.81. The van der Waals surface area contributed by atoms with Gasteiger partial charge in [-0.3, -0.25) is 4.79 Å². The van der Waals surface area contributed by atoms with Gasteiger partial charge in [-0.2, -0.15) is 4.31 Å². The molecule has 2 aromatic rings. The first kappa shape index (κ1) is 24.6. The van der Waals surface area contributed by atoms with Crippen molar-refractivity contribution in [3.05, 3.63) is 57.6 Å². The molecule has 1 amide bonds. The van der Waals surface area contributed by atoms with E-state index in [9.17, 15) is 13.2 Å². The average Bonchev–Trinajstić information content (AvgIpc) is 2.76. The van der Waals surface area contributed by atoms with E-state index in [0.29, 0.717) is 24.4 Å². The van der Waals surface area contributed by atoms with Gasteiger partial charge in [-0.05, 0) is 81.0 Å². The van der Waals surface area contributed by atoms with Crippen LogP contribution in [0.4, 0.5) is 0 Å². The van der Waals surface area contributed by atoms with Gasteiger partial charge in [0.05, 0.1) is 19.1 Å². The highest BCUT2D eigenvalue weighted by Crippen LogP contribution is 2.32. The molecule has 3 rings (SSSR count). The molecule has 0 aliphatic carbocycles. The van der Waals surface area contributed by atoms with Crippen molar-refractivity contribution in [1.29, 1.82) is 0 Å². The molecule has 2 atom stereocenters. The Balaban J connectivity index is 1.76. The molecule has 1 saturated heterocycles. The Bertz CT molecular complexity index is 1120. The number of rotatable bonds is 6. The molecular formula is C24H31ClN2O4S. The van der Waals surface area contributed by atoms with E-state index in [1.165, 1.54) is 34.7 Å². The zero-order valence-corrected chi connectivity index (χ0v) is 20.8. The van der Waals surface area contributed by atoms with E-state index in [0.717, 1.165) is 11.1 Å². The number of amides is 1. The third kappa shape index (κ3) is 5.11. The Labute approximate surface area is 196 Å². The summed E-state index contributed by atoms with van der Waals surface area (Å²) < 4.78 is 33.2. The molecule has 8 heteroatoms. The molecule has 0 saturated carbocycles. The Morgan fingerprint density at radius 3 is 2.53 bits per heavy atom. The monoisotopic (exact) mass is 478 g/mol. The zero-order valence-electron chi connectivity index (χ0n) is 19.2. The van der Waals surface area contributed by atoms with E-state index in [-0.39, 0.29) is 29.1 Å². The number of benzene rings is 2. The number of ether oxygens (including phenoxy) is 1. The van der Waals surface area contributed by atoms with Gasteiger partial charge in [-0.1, -0.05) is 23.7 Å². The Kier molecular flexibility index (Phi) is 7.53. The fourth-order valence-electron chi connectivity index (χ4n) is 4.22. The van der Waals surface area contributed by atoms with E-state index in [4.69, 9.17) is 16.3 Å². The highest BCUT2D eigenvalue weighted by atomic mass is 35.5. The third-order valence-electron chi connectivity index (χ3n) is 6.21. The maximum Gasteiger partial charge on any atom is 0.246 e. The van der Waals surface area contributed by atoms with Gasteiger partial charge in [0.25, 0.3) is 0 Å². The predicted octanol–water partition coefficient (Wildman–Crippen LogP) is 4.55. The van der Waals surface area contributed by atoms with Crippen molar-refractivity contribution in [1.82, 2.24) is 9.62 Å². The molecule has 0 bridgehead atoms. The number of piperidine rings is 1. The SMILES string of the molecule is COc1ccc(Cl)cc1S(=O)(=O)N1CCC[C@@H](C(=O)N[C@H](C)c2cc(C)c(C)cc2C)C1. The van der Waals surface area contributed by atoms with Crippen LogP contribution in [0.2, 0.25) is 5.02 Å². The fraction of sp³-hybridized carbons (Fsp3) is 0.458. The van der Waals surface area contributed by atoms with Crippen LogP contribution in [0.5, 0.6) is 5.75 Å². The number of nitrogens with one attached hydrogen (secondary N) is 1. The smallest absolute Gasteiger partial charge is 0.246 e. The first-order valence-corrected chi connectivity index (χ1v) is 12.6. The molecule has 1 aliphatic heterocycles. The zero-order chi connectivity index (χ0) is 23.6. The summed E-state index contributed by atoms with van der Waals surface area (Å²) in [6.07, 6.45) is 1.25. The second-order valence-corrected chi connectivity index (χ2v) is 10.9. The number of carbonyl (C=O) groups is 1. The van der Waals surface area contributed by atoms with Gasteiger partial charge >= 0.3 is 0 Å². The molecule has 1 fully saturated rings. The number of nitrogens with zero attached hydrogens (tertiary/aromatic N) is 1. The molecule has 0 spiro atoms. The number of aryl methyl sites for hydroxylation is 3. The van der Waals surface area contributed by atoms with Crippen molar-refractivity contribution in [2.75, 3.05) is 20.2 Å². The van der Waals surface area contributed by atoms with Crippen LogP contribution in [-0.2, 0) is 14.8 Å². The summed E-state index contributed by atoms with van der Waals surface area (Å²) in [4.78, 5) is 13.1. The molecule has 0 unspecified atom stereocenters. The minimum absolute atomic E-state index is 0.0210. The van der Waals surface area contributed by atoms with Crippen LogP contribution in [0.1, 0.15) is 48.1 Å². The molecular weight excluding hydrogens is 448 g/mol. The van der Waals surface area contributed by atoms with Gasteiger partial charge in [-0.15, -0.1) is 0 Å². The lowest BCUT2D eigenvalue weighted by molar-refractivity contribution is -0.126. The van der Waals surface area contributed by atoms with E-state index < -0.39 is 15.9 Å². The summed E-state index contributed by atoms with van der Waals surface area (Å²) in [5, 5.41) is 3.40. The molecule has 2 aromatic carbocycles. The van der Waals surface area contributed by atoms with Crippen molar-refractivity contribution >= 4 is 27.5 Å². The summed E-state index contributed by atoms with van der Waals surface area (Å²) >= 11 is 6.04. The minimum atomic E-state index is -3.85. The summed E-state index contributed by atoms with van der Waals surface area (Å²) in [7, 11) is -2.43. The van der Waals surface area contributed by atoms with Gasteiger partial charge in [0.15, 0.2) is 0 Å².